The van der Waals surface area contributed by atoms with Crippen molar-refractivity contribution < 1.29 is 40.8 Å². The zero-order valence-corrected chi connectivity index (χ0v) is 16.6. The Kier molecular flexibility index (Phi) is 4.90. The van der Waals surface area contributed by atoms with Crippen LogP contribution < -0.4 is 0 Å². The summed E-state index contributed by atoms with van der Waals surface area (Å²) < 4.78 is 68.6. The smallest absolute Gasteiger partial charge is 0.455 e. The number of halogens is 2. The SMILES string of the molecule is C=C(C)C(=O)OC1(CC)C2CC3CC1CC(OC(=O)C(F)(F)S(=O)(=O)O)(C3)C2. The zero-order chi connectivity index (χ0) is 21.1. The van der Waals surface area contributed by atoms with E-state index in [-0.39, 0.29) is 36.2 Å². The summed E-state index contributed by atoms with van der Waals surface area (Å²) in [6.07, 6.45) is 2.69. The molecule has 10 heteroatoms. The van der Waals surface area contributed by atoms with E-state index in [1.807, 2.05) is 6.92 Å². The molecule has 0 aromatic heterocycles. The molecule has 4 aliphatic rings. The van der Waals surface area contributed by atoms with E-state index in [0.29, 0.717) is 25.7 Å². The molecule has 4 rings (SSSR count). The maximum Gasteiger partial charge on any atom is 0.465 e. The first-order chi connectivity index (χ1) is 12.8. The van der Waals surface area contributed by atoms with Gasteiger partial charge in [0.15, 0.2) is 0 Å². The molecule has 4 saturated carbocycles. The van der Waals surface area contributed by atoms with Crippen LogP contribution in [0.1, 0.15) is 52.4 Å². The molecule has 0 saturated heterocycles. The minimum absolute atomic E-state index is 0.105. The van der Waals surface area contributed by atoms with E-state index in [4.69, 9.17) is 14.0 Å². The first-order valence-electron chi connectivity index (χ1n) is 9.23. The second-order valence-electron chi connectivity index (χ2n) is 8.39. The molecule has 0 heterocycles. The third-order valence-electron chi connectivity index (χ3n) is 6.57. The highest BCUT2D eigenvalue weighted by molar-refractivity contribution is 7.87. The molecule has 7 nitrogen and oxygen atoms in total. The monoisotopic (exact) mass is 422 g/mol. The van der Waals surface area contributed by atoms with Gasteiger partial charge in [0.1, 0.15) is 11.2 Å². The maximum absolute atomic E-state index is 13.7. The topological polar surface area (TPSA) is 107 Å². The largest absolute Gasteiger partial charge is 0.465 e. The molecule has 0 radical (unpaired) electrons. The summed E-state index contributed by atoms with van der Waals surface area (Å²) in [6.45, 7) is 7.03. The van der Waals surface area contributed by atoms with Gasteiger partial charge in [0.25, 0.3) is 0 Å². The normalized spacial score (nSPS) is 36.8. The standard InChI is InChI=1S/C18H24F2O7S/c1-4-17(26-14(21)10(2)3)12-5-11-6-13(17)9-16(7-11,8-12)27-15(22)18(19,20)28(23,24)25/h11-13H,2,4-9H2,1,3H3,(H,23,24,25). The second kappa shape index (κ2) is 6.48. The van der Waals surface area contributed by atoms with Crippen molar-refractivity contribution >= 4 is 22.1 Å². The highest BCUT2D eigenvalue weighted by Gasteiger charge is 2.66. The first-order valence-corrected chi connectivity index (χ1v) is 10.7. The average Bonchev–Trinajstić information content (AvgIpc) is 2.55. The van der Waals surface area contributed by atoms with Gasteiger partial charge in [-0.05, 0) is 51.4 Å². The van der Waals surface area contributed by atoms with Crippen molar-refractivity contribution in [1.29, 1.82) is 0 Å². The van der Waals surface area contributed by atoms with Gasteiger partial charge in [0.05, 0.1) is 0 Å². The van der Waals surface area contributed by atoms with E-state index in [1.165, 1.54) is 0 Å². The summed E-state index contributed by atoms with van der Waals surface area (Å²) in [6, 6.07) is 0. The van der Waals surface area contributed by atoms with Crippen LogP contribution in [0.25, 0.3) is 0 Å². The van der Waals surface area contributed by atoms with Crippen molar-refractivity contribution in [3.8, 4) is 0 Å². The van der Waals surface area contributed by atoms with Crippen LogP contribution in [0, 0.1) is 17.8 Å². The highest BCUT2D eigenvalue weighted by Crippen LogP contribution is 2.63. The lowest BCUT2D eigenvalue weighted by molar-refractivity contribution is -0.253. The fraction of sp³-hybridized carbons (Fsp3) is 0.778. The van der Waals surface area contributed by atoms with Crippen LogP contribution in [-0.2, 0) is 29.2 Å². The van der Waals surface area contributed by atoms with Crippen LogP contribution in [0.5, 0.6) is 0 Å². The first kappa shape index (κ1) is 21.2. The fourth-order valence-corrected chi connectivity index (χ4v) is 5.80. The predicted molar refractivity (Wildman–Crippen MR) is 92.8 cm³/mol. The quantitative estimate of drug-likeness (QED) is 0.398. The molecule has 0 aromatic carbocycles. The van der Waals surface area contributed by atoms with Crippen molar-refractivity contribution in [1.82, 2.24) is 0 Å². The van der Waals surface area contributed by atoms with Gasteiger partial charge in [-0.15, -0.1) is 0 Å². The summed E-state index contributed by atoms with van der Waals surface area (Å²) in [5.41, 5.74) is -1.76. The van der Waals surface area contributed by atoms with Gasteiger partial charge in [-0.25, -0.2) is 9.59 Å². The van der Waals surface area contributed by atoms with Crippen molar-refractivity contribution in [2.75, 3.05) is 0 Å². The van der Waals surface area contributed by atoms with Crippen molar-refractivity contribution in [3.05, 3.63) is 12.2 Å². The van der Waals surface area contributed by atoms with Crippen LogP contribution in [0.15, 0.2) is 12.2 Å². The molecular formula is C18H24F2O7S. The molecule has 4 bridgehead atoms. The van der Waals surface area contributed by atoms with Crippen LogP contribution in [0.4, 0.5) is 8.78 Å². The number of carbonyl (C=O) groups is 2. The molecular weight excluding hydrogens is 398 g/mol. The van der Waals surface area contributed by atoms with E-state index < -0.39 is 38.5 Å². The lowest BCUT2D eigenvalue weighted by Crippen LogP contribution is -2.66. The van der Waals surface area contributed by atoms with Crippen molar-refractivity contribution in [2.45, 2.75) is 68.8 Å². The van der Waals surface area contributed by atoms with E-state index in [0.717, 1.165) is 0 Å². The third-order valence-corrected chi connectivity index (χ3v) is 7.38. The molecule has 2 atom stereocenters. The van der Waals surface area contributed by atoms with E-state index >= 15 is 0 Å². The molecule has 1 N–H and O–H groups in total. The molecule has 2 unspecified atom stereocenters. The van der Waals surface area contributed by atoms with Crippen molar-refractivity contribution in [3.63, 3.8) is 0 Å². The predicted octanol–water partition coefficient (Wildman–Crippen LogP) is 2.86. The fourth-order valence-electron chi connectivity index (χ4n) is 5.55. The van der Waals surface area contributed by atoms with E-state index in [9.17, 15) is 26.8 Å². The van der Waals surface area contributed by atoms with Gasteiger partial charge in [-0.2, -0.15) is 17.2 Å². The van der Waals surface area contributed by atoms with Gasteiger partial charge >= 0.3 is 27.3 Å². The Morgan fingerprint density at radius 2 is 1.71 bits per heavy atom. The Hall–Kier alpha value is -1.55. The Balaban J connectivity index is 1.87. The highest BCUT2D eigenvalue weighted by atomic mass is 32.2. The maximum atomic E-state index is 13.7. The Labute approximate surface area is 162 Å². The van der Waals surface area contributed by atoms with E-state index in [1.54, 1.807) is 6.92 Å². The lowest BCUT2D eigenvalue weighted by atomic mass is 9.47. The van der Waals surface area contributed by atoms with Crippen LogP contribution >= 0.6 is 0 Å². The molecule has 0 aromatic rings. The average molecular weight is 422 g/mol. The van der Waals surface area contributed by atoms with Gasteiger partial charge < -0.3 is 9.47 Å². The Morgan fingerprint density at radius 1 is 1.18 bits per heavy atom. The second-order valence-corrected chi connectivity index (χ2v) is 9.85. The summed E-state index contributed by atoms with van der Waals surface area (Å²) in [5, 5.41) is -5.02. The number of hydrogen-bond acceptors (Lipinski definition) is 6. The van der Waals surface area contributed by atoms with Gasteiger partial charge in [0.2, 0.25) is 0 Å². The molecule has 4 fully saturated rings. The molecule has 0 spiro atoms. The van der Waals surface area contributed by atoms with E-state index in [2.05, 4.69) is 6.58 Å². The Bertz CT molecular complexity index is 804. The van der Waals surface area contributed by atoms with Crippen molar-refractivity contribution in [2.24, 2.45) is 17.8 Å². The summed E-state index contributed by atoms with van der Waals surface area (Å²) >= 11 is 0. The van der Waals surface area contributed by atoms with Crippen LogP contribution in [0.2, 0.25) is 0 Å². The molecule has 0 amide bonds. The number of alkyl halides is 2. The number of esters is 2. The van der Waals surface area contributed by atoms with Gasteiger partial charge in [-0.3, -0.25) is 4.55 Å². The molecule has 4 aliphatic carbocycles. The Morgan fingerprint density at radius 3 is 2.14 bits per heavy atom. The third kappa shape index (κ3) is 3.14. The number of rotatable bonds is 6. The minimum atomic E-state index is -5.93. The number of ether oxygens (including phenoxy) is 2. The van der Waals surface area contributed by atoms with Gasteiger partial charge in [0, 0.05) is 17.4 Å². The summed E-state index contributed by atoms with van der Waals surface area (Å²) in [5.74, 6) is -3.07. The summed E-state index contributed by atoms with van der Waals surface area (Å²) in [7, 11) is -5.93. The molecule has 28 heavy (non-hydrogen) atoms. The van der Waals surface area contributed by atoms with Gasteiger partial charge in [-0.1, -0.05) is 13.5 Å². The van der Waals surface area contributed by atoms with Crippen LogP contribution in [0.3, 0.4) is 0 Å². The lowest BCUT2D eigenvalue weighted by Gasteiger charge is -2.63. The zero-order valence-electron chi connectivity index (χ0n) is 15.7. The molecule has 0 aliphatic heterocycles. The number of carbonyl (C=O) groups excluding carboxylic acids is 2. The minimum Gasteiger partial charge on any atom is -0.455 e. The summed E-state index contributed by atoms with van der Waals surface area (Å²) in [4.78, 5) is 24.1. The molecule has 158 valence electrons. The van der Waals surface area contributed by atoms with Crippen LogP contribution in [-0.4, -0.2) is 41.4 Å². The number of hydrogen-bond donors (Lipinski definition) is 1.